The second kappa shape index (κ2) is 5.46. The Morgan fingerprint density at radius 1 is 1.25 bits per heavy atom. The fourth-order valence-corrected chi connectivity index (χ4v) is 2.69. The van der Waals surface area contributed by atoms with Crippen LogP contribution in [0.2, 0.25) is 0 Å². The topological polar surface area (TPSA) is 67.1 Å². The smallest absolute Gasteiger partial charge is 0.239 e. The van der Waals surface area contributed by atoms with E-state index in [9.17, 15) is 0 Å². The Morgan fingerprint density at radius 3 is 2.95 bits per heavy atom. The molecule has 0 spiro atoms. The molecule has 0 saturated heterocycles. The number of nitrogens with two attached hydrogens (primary N) is 1. The van der Waals surface area contributed by atoms with Crippen molar-refractivity contribution in [3.8, 4) is 0 Å². The highest BCUT2D eigenvalue weighted by Crippen LogP contribution is 2.33. The van der Waals surface area contributed by atoms with Crippen molar-refractivity contribution in [2.45, 2.75) is 26.2 Å². The van der Waals surface area contributed by atoms with Gasteiger partial charge in [-0.1, -0.05) is 18.2 Å². The van der Waals surface area contributed by atoms with Crippen LogP contribution < -0.4 is 16.2 Å². The van der Waals surface area contributed by atoms with Crippen LogP contribution >= 0.6 is 0 Å². The minimum Gasteiger partial charge on any atom is -0.326 e. The normalized spacial score (nSPS) is 14.6. The molecule has 1 aliphatic heterocycles. The maximum atomic E-state index is 5.43. The van der Waals surface area contributed by atoms with Crippen molar-refractivity contribution in [2.24, 2.45) is 5.84 Å². The van der Waals surface area contributed by atoms with Gasteiger partial charge in [0.05, 0.1) is 0 Å². The summed E-state index contributed by atoms with van der Waals surface area (Å²) in [4.78, 5) is 11.0. The lowest BCUT2D eigenvalue weighted by Gasteiger charge is -2.25. The molecule has 2 heterocycles. The van der Waals surface area contributed by atoms with Crippen LogP contribution in [0.1, 0.15) is 24.0 Å². The molecule has 1 aliphatic rings. The quantitative estimate of drug-likeness (QED) is 0.648. The number of nitrogens with zero attached hydrogens (tertiary/aromatic N) is 3. The van der Waals surface area contributed by atoms with Crippen LogP contribution in [-0.2, 0) is 6.42 Å². The molecule has 104 valence electrons. The van der Waals surface area contributed by atoms with E-state index in [1.165, 1.54) is 17.7 Å². The van der Waals surface area contributed by atoms with Crippen molar-refractivity contribution in [2.75, 3.05) is 16.9 Å². The van der Waals surface area contributed by atoms with Gasteiger partial charge < -0.3 is 4.90 Å². The van der Waals surface area contributed by atoms with Crippen molar-refractivity contribution >= 4 is 17.5 Å². The molecular weight excluding hydrogens is 250 g/mol. The van der Waals surface area contributed by atoms with Crippen LogP contribution in [0.3, 0.4) is 0 Å². The summed E-state index contributed by atoms with van der Waals surface area (Å²) in [5.41, 5.74) is 6.21. The molecule has 5 heteroatoms. The van der Waals surface area contributed by atoms with Crippen molar-refractivity contribution in [1.29, 1.82) is 0 Å². The summed E-state index contributed by atoms with van der Waals surface area (Å²) in [6, 6.07) is 8.54. The van der Waals surface area contributed by atoms with Crippen molar-refractivity contribution in [3.63, 3.8) is 0 Å². The van der Waals surface area contributed by atoms with Gasteiger partial charge in [-0.05, 0) is 37.8 Å². The molecule has 2 aromatic rings. The summed E-state index contributed by atoms with van der Waals surface area (Å²) in [5.74, 6) is 6.81. The number of fused-ring (bicyclic) bond motifs is 1. The van der Waals surface area contributed by atoms with Crippen LogP contribution in [0.4, 0.5) is 17.5 Å². The number of rotatable bonds is 2. The number of aryl methyl sites for hydroxylation is 2. The van der Waals surface area contributed by atoms with E-state index in [-0.39, 0.29) is 0 Å². The molecular formula is C15H19N5. The predicted molar refractivity (Wildman–Crippen MR) is 81.0 cm³/mol. The van der Waals surface area contributed by atoms with Gasteiger partial charge in [-0.3, -0.25) is 5.43 Å². The third-order valence-electron chi connectivity index (χ3n) is 3.69. The Kier molecular flexibility index (Phi) is 3.52. The minimum atomic E-state index is 0.451. The fraction of sp³-hybridized carbons (Fsp3) is 0.333. The van der Waals surface area contributed by atoms with E-state index in [2.05, 4.69) is 44.6 Å². The standard InChI is InChI=1S/C15H19N5/c1-11-10-17-15(19-16)18-14(11)20-9-5-4-7-12-6-2-3-8-13(12)20/h2-3,6,8,10H,4-5,7,9,16H2,1H3,(H,17,18,19). The predicted octanol–water partition coefficient (Wildman–Crippen LogP) is 2.55. The van der Waals surface area contributed by atoms with Crippen LogP contribution in [0.5, 0.6) is 0 Å². The molecule has 5 nitrogen and oxygen atoms in total. The van der Waals surface area contributed by atoms with Gasteiger partial charge >= 0.3 is 0 Å². The van der Waals surface area contributed by atoms with Crippen LogP contribution in [0.15, 0.2) is 30.5 Å². The van der Waals surface area contributed by atoms with Gasteiger partial charge in [-0.25, -0.2) is 10.8 Å². The van der Waals surface area contributed by atoms with Gasteiger partial charge in [0.2, 0.25) is 5.95 Å². The van der Waals surface area contributed by atoms with Crippen molar-refractivity contribution in [1.82, 2.24) is 9.97 Å². The lowest BCUT2D eigenvalue weighted by atomic mass is 10.1. The lowest BCUT2D eigenvalue weighted by molar-refractivity contribution is 0.756. The third-order valence-corrected chi connectivity index (χ3v) is 3.69. The number of para-hydroxylation sites is 1. The average Bonchev–Trinajstić information content (AvgIpc) is 2.70. The van der Waals surface area contributed by atoms with Gasteiger partial charge in [-0.2, -0.15) is 4.98 Å². The first-order valence-electron chi connectivity index (χ1n) is 6.95. The second-order valence-corrected chi connectivity index (χ2v) is 5.08. The van der Waals surface area contributed by atoms with Crippen LogP contribution in [0.25, 0.3) is 0 Å². The first-order chi connectivity index (χ1) is 9.79. The summed E-state index contributed by atoms with van der Waals surface area (Å²) >= 11 is 0. The monoisotopic (exact) mass is 269 g/mol. The SMILES string of the molecule is Cc1cnc(NN)nc1N1CCCCc2ccccc21. The maximum absolute atomic E-state index is 5.43. The molecule has 20 heavy (non-hydrogen) atoms. The molecule has 0 saturated carbocycles. The molecule has 0 amide bonds. The van der Waals surface area contributed by atoms with Crippen LogP contribution in [-0.4, -0.2) is 16.5 Å². The number of hydrazine groups is 1. The van der Waals surface area contributed by atoms with Gasteiger partial charge in [-0.15, -0.1) is 0 Å². The van der Waals surface area contributed by atoms with E-state index in [1.807, 2.05) is 13.1 Å². The Hall–Kier alpha value is -2.14. The highest BCUT2D eigenvalue weighted by molar-refractivity contribution is 5.67. The number of hydrogen-bond donors (Lipinski definition) is 2. The number of hydrogen-bond acceptors (Lipinski definition) is 5. The van der Waals surface area contributed by atoms with Gasteiger partial charge in [0.15, 0.2) is 0 Å². The Bertz CT molecular complexity index is 611. The van der Waals surface area contributed by atoms with Gasteiger partial charge in [0.1, 0.15) is 5.82 Å². The summed E-state index contributed by atoms with van der Waals surface area (Å²) in [7, 11) is 0. The van der Waals surface area contributed by atoms with E-state index in [0.29, 0.717) is 5.95 Å². The Balaban J connectivity index is 2.09. The molecule has 0 bridgehead atoms. The zero-order chi connectivity index (χ0) is 13.9. The molecule has 0 atom stereocenters. The Labute approximate surface area is 118 Å². The largest absolute Gasteiger partial charge is 0.326 e. The van der Waals surface area contributed by atoms with E-state index in [0.717, 1.165) is 30.8 Å². The highest BCUT2D eigenvalue weighted by atomic mass is 15.3. The second-order valence-electron chi connectivity index (χ2n) is 5.08. The first kappa shape index (κ1) is 12.9. The zero-order valence-corrected chi connectivity index (χ0v) is 11.6. The first-order valence-corrected chi connectivity index (χ1v) is 6.95. The molecule has 0 aliphatic carbocycles. The molecule has 0 unspecified atom stereocenters. The maximum Gasteiger partial charge on any atom is 0.239 e. The van der Waals surface area contributed by atoms with Crippen LogP contribution in [0, 0.1) is 6.92 Å². The number of nitrogens with one attached hydrogen (secondary N) is 1. The summed E-state index contributed by atoms with van der Waals surface area (Å²) in [6.07, 6.45) is 5.30. The minimum absolute atomic E-state index is 0.451. The fourth-order valence-electron chi connectivity index (χ4n) is 2.69. The highest BCUT2D eigenvalue weighted by Gasteiger charge is 2.19. The van der Waals surface area contributed by atoms with E-state index < -0.39 is 0 Å². The lowest BCUT2D eigenvalue weighted by Crippen LogP contribution is -2.22. The summed E-state index contributed by atoms with van der Waals surface area (Å²) < 4.78 is 0. The third kappa shape index (κ3) is 2.32. The summed E-state index contributed by atoms with van der Waals surface area (Å²) in [6.45, 7) is 3.00. The number of aromatic nitrogens is 2. The summed E-state index contributed by atoms with van der Waals surface area (Å²) in [5, 5.41) is 0. The number of benzene rings is 1. The van der Waals surface area contributed by atoms with Crippen molar-refractivity contribution in [3.05, 3.63) is 41.6 Å². The van der Waals surface area contributed by atoms with Gasteiger partial charge in [0.25, 0.3) is 0 Å². The van der Waals surface area contributed by atoms with E-state index in [4.69, 9.17) is 5.84 Å². The molecule has 3 N–H and O–H groups in total. The van der Waals surface area contributed by atoms with Gasteiger partial charge in [0, 0.05) is 24.0 Å². The molecule has 0 radical (unpaired) electrons. The van der Waals surface area contributed by atoms with Crippen molar-refractivity contribution < 1.29 is 0 Å². The molecule has 1 aromatic heterocycles. The molecule has 3 rings (SSSR count). The number of anilines is 3. The van der Waals surface area contributed by atoms with E-state index >= 15 is 0 Å². The number of nitrogen functional groups attached to an aromatic ring is 1. The zero-order valence-electron chi connectivity index (χ0n) is 11.6. The molecule has 0 fully saturated rings. The average molecular weight is 269 g/mol. The van der Waals surface area contributed by atoms with E-state index in [1.54, 1.807) is 0 Å². The molecule has 1 aromatic carbocycles. The Morgan fingerprint density at radius 2 is 2.10 bits per heavy atom.